The van der Waals surface area contributed by atoms with Crippen molar-refractivity contribution in [3.63, 3.8) is 0 Å². The summed E-state index contributed by atoms with van der Waals surface area (Å²) in [7, 11) is 0. The lowest BCUT2D eigenvalue weighted by Gasteiger charge is -2.27. The molecule has 142 valence electrons. The van der Waals surface area contributed by atoms with E-state index in [2.05, 4.69) is 22.3 Å². The zero-order chi connectivity index (χ0) is 16.8. The van der Waals surface area contributed by atoms with Crippen LogP contribution in [-0.4, -0.2) is 43.5 Å². The first-order valence-corrected chi connectivity index (χ1v) is 8.45. The van der Waals surface area contributed by atoms with Crippen molar-refractivity contribution in [2.75, 3.05) is 32.8 Å². The van der Waals surface area contributed by atoms with Crippen LogP contribution >= 0.6 is 24.8 Å². The van der Waals surface area contributed by atoms with Gasteiger partial charge in [0.1, 0.15) is 5.75 Å². The second kappa shape index (κ2) is 11.2. The van der Waals surface area contributed by atoms with Crippen molar-refractivity contribution >= 4 is 30.6 Å². The predicted molar refractivity (Wildman–Crippen MR) is 110 cm³/mol. The number of benzene rings is 2. The predicted octanol–water partition coefficient (Wildman–Crippen LogP) is 3.51. The van der Waals surface area contributed by atoms with Crippen LogP contribution in [0.2, 0.25) is 0 Å². The summed E-state index contributed by atoms with van der Waals surface area (Å²) in [5.74, 6) is 0.736. The van der Waals surface area contributed by atoms with E-state index in [1.165, 1.54) is 5.56 Å². The zero-order valence-corrected chi connectivity index (χ0v) is 16.6. The average Bonchev–Trinajstić information content (AvgIpc) is 2.62. The number of carbonyl (C=O) groups excluding carboxylic acids is 1. The van der Waals surface area contributed by atoms with Crippen molar-refractivity contribution in [2.24, 2.45) is 0 Å². The minimum absolute atomic E-state index is 0. The molecule has 2 aromatic carbocycles. The third-order valence-corrected chi connectivity index (χ3v) is 4.28. The number of hydrogen-bond donors (Lipinski definition) is 1. The number of Topliss-reactive ketones (excluding diaryl/α,β-unsaturated/α-hetero) is 1. The zero-order valence-electron chi connectivity index (χ0n) is 14.9. The third-order valence-electron chi connectivity index (χ3n) is 4.28. The van der Waals surface area contributed by atoms with Crippen LogP contribution in [0.1, 0.15) is 21.5 Å². The number of rotatable bonds is 6. The quantitative estimate of drug-likeness (QED) is 0.758. The Bertz CT molecular complexity index is 669. The molecule has 0 amide bonds. The number of nitrogens with one attached hydrogen (secondary N) is 1. The van der Waals surface area contributed by atoms with E-state index in [-0.39, 0.29) is 37.2 Å². The summed E-state index contributed by atoms with van der Waals surface area (Å²) in [5, 5.41) is 3.36. The van der Waals surface area contributed by atoms with Crippen LogP contribution in [-0.2, 0) is 6.54 Å². The molecule has 1 aliphatic heterocycles. The van der Waals surface area contributed by atoms with Crippen molar-refractivity contribution in [3.05, 3.63) is 65.2 Å². The molecule has 1 fully saturated rings. The molecule has 0 spiro atoms. The van der Waals surface area contributed by atoms with Crippen LogP contribution in [0.15, 0.2) is 48.5 Å². The summed E-state index contributed by atoms with van der Waals surface area (Å²) < 4.78 is 5.62. The lowest BCUT2D eigenvalue weighted by atomic mass is 10.1. The van der Waals surface area contributed by atoms with E-state index in [0.717, 1.165) is 44.0 Å². The second-order valence-electron chi connectivity index (χ2n) is 6.25. The SMILES string of the molecule is Cc1ccc(C(=O)COc2ccc(CN3CCNCC3)cc2)cc1.Cl.Cl. The second-order valence-corrected chi connectivity index (χ2v) is 6.25. The Morgan fingerprint density at radius 3 is 2.23 bits per heavy atom. The van der Waals surface area contributed by atoms with Crippen molar-refractivity contribution in [1.29, 1.82) is 0 Å². The van der Waals surface area contributed by atoms with Gasteiger partial charge >= 0.3 is 0 Å². The lowest BCUT2D eigenvalue weighted by Crippen LogP contribution is -2.42. The molecule has 2 aromatic rings. The first kappa shape index (κ1) is 22.5. The number of ether oxygens (including phenoxy) is 1. The molecular weight excluding hydrogens is 371 g/mol. The van der Waals surface area contributed by atoms with Crippen LogP contribution in [0.4, 0.5) is 0 Å². The highest BCUT2D eigenvalue weighted by molar-refractivity contribution is 5.97. The van der Waals surface area contributed by atoms with Gasteiger partial charge in [-0.2, -0.15) is 0 Å². The molecule has 4 nitrogen and oxygen atoms in total. The number of hydrogen-bond acceptors (Lipinski definition) is 4. The summed E-state index contributed by atoms with van der Waals surface area (Å²) in [5.41, 5.74) is 3.11. The molecule has 0 radical (unpaired) electrons. The van der Waals surface area contributed by atoms with E-state index in [4.69, 9.17) is 4.74 Å². The van der Waals surface area contributed by atoms with Gasteiger partial charge in [-0.3, -0.25) is 9.69 Å². The molecule has 3 rings (SSSR count). The first-order valence-electron chi connectivity index (χ1n) is 8.45. The molecule has 0 atom stereocenters. The molecule has 0 bridgehead atoms. The minimum atomic E-state index is -0.0000988. The lowest BCUT2D eigenvalue weighted by molar-refractivity contribution is 0.0921. The topological polar surface area (TPSA) is 41.6 Å². The molecule has 0 aliphatic carbocycles. The molecule has 1 saturated heterocycles. The van der Waals surface area contributed by atoms with E-state index in [1.54, 1.807) is 0 Å². The maximum Gasteiger partial charge on any atom is 0.200 e. The van der Waals surface area contributed by atoms with Gasteiger partial charge in [-0.05, 0) is 24.6 Å². The summed E-state index contributed by atoms with van der Waals surface area (Å²) in [6.45, 7) is 7.33. The Balaban J connectivity index is 0.00000169. The fraction of sp³-hybridized carbons (Fsp3) is 0.350. The van der Waals surface area contributed by atoms with E-state index < -0.39 is 0 Å². The van der Waals surface area contributed by atoms with E-state index in [9.17, 15) is 4.79 Å². The molecule has 0 saturated carbocycles. The summed E-state index contributed by atoms with van der Waals surface area (Å²) in [6.07, 6.45) is 0. The Morgan fingerprint density at radius 1 is 1.00 bits per heavy atom. The van der Waals surface area contributed by atoms with E-state index in [0.29, 0.717) is 5.56 Å². The fourth-order valence-electron chi connectivity index (χ4n) is 2.79. The van der Waals surface area contributed by atoms with Gasteiger partial charge in [0, 0.05) is 38.3 Å². The highest BCUT2D eigenvalue weighted by atomic mass is 35.5. The molecule has 1 heterocycles. The average molecular weight is 397 g/mol. The maximum absolute atomic E-state index is 12.1. The monoisotopic (exact) mass is 396 g/mol. The molecule has 0 unspecified atom stereocenters. The first-order chi connectivity index (χ1) is 11.7. The van der Waals surface area contributed by atoms with Crippen molar-refractivity contribution in [1.82, 2.24) is 10.2 Å². The van der Waals surface area contributed by atoms with E-state index in [1.807, 2.05) is 43.3 Å². The minimum Gasteiger partial charge on any atom is -0.485 e. The Hall–Kier alpha value is -1.59. The molecule has 1 N–H and O–H groups in total. The van der Waals surface area contributed by atoms with Gasteiger partial charge in [0.05, 0.1) is 0 Å². The van der Waals surface area contributed by atoms with Gasteiger partial charge in [-0.1, -0.05) is 42.0 Å². The van der Waals surface area contributed by atoms with Gasteiger partial charge in [0.25, 0.3) is 0 Å². The fourth-order valence-corrected chi connectivity index (χ4v) is 2.79. The number of aryl methyl sites for hydroxylation is 1. The van der Waals surface area contributed by atoms with E-state index >= 15 is 0 Å². The van der Waals surface area contributed by atoms with Crippen molar-refractivity contribution in [2.45, 2.75) is 13.5 Å². The maximum atomic E-state index is 12.1. The van der Waals surface area contributed by atoms with Gasteiger partial charge < -0.3 is 10.1 Å². The van der Waals surface area contributed by atoms with Crippen molar-refractivity contribution in [3.8, 4) is 5.75 Å². The highest BCUT2D eigenvalue weighted by Gasteiger charge is 2.10. The highest BCUT2D eigenvalue weighted by Crippen LogP contribution is 2.15. The number of nitrogens with zero attached hydrogens (tertiary/aromatic N) is 1. The number of carbonyl (C=O) groups is 1. The Labute approximate surface area is 167 Å². The van der Waals surface area contributed by atoms with Gasteiger partial charge in [-0.15, -0.1) is 24.8 Å². The summed E-state index contributed by atoms with van der Waals surface area (Å²) in [4.78, 5) is 14.6. The third kappa shape index (κ3) is 6.61. The smallest absolute Gasteiger partial charge is 0.200 e. The standard InChI is InChI=1S/C20H24N2O2.2ClH/c1-16-2-6-18(7-3-16)20(23)15-24-19-8-4-17(5-9-19)14-22-12-10-21-11-13-22;;/h2-9,21H,10-15H2,1H3;2*1H. The van der Waals surface area contributed by atoms with Crippen LogP contribution in [0.25, 0.3) is 0 Å². The molecular formula is C20H26Cl2N2O2. The normalized spacial score (nSPS) is 14.0. The summed E-state index contributed by atoms with van der Waals surface area (Å²) in [6, 6.07) is 15.6. The molecule has 26 heavy (non-hydrogen) atoms. The van der Waals surface area contributed by atoms with Crippen LogP contribution < -0.4 is 10.1 Å². The Morgan fingerprint density at radius 2 is 1.62 bits per heavy atom. The largest absolute Gasteiger partial charge is 0.485 e. The van der Waals surface area contributed by atoms with Gasteiger partial charge in [0.2, 0.25) is 0 Å². The molecule has 6 heteroatoms. The molecule has 0 aromatic heterocycles. The van der Waals surface area contributed by atoms with Crippen LogP contribution in [0.5, 0.6) is 5.75 Å². The number of halogens is 2. The number of piperazine rings is 1. The number of ketones is 1. The Kier molecular flexibility index (Phi) is 9.66. The summed E-state index contributed by atoms with van der Waals surface area (Å²) >= 11 is 0. The van der Waals surface area contributed by atoms with Gasteiger partial charge in [0.15, 0.2) is 12.4 Å². The van der Waals surface area contributed by atoms with Gasteiger partial charge in [-0.25, -0.2) is 0 Å². The molecule has 1 aliphatic rings. The van der Waals surface area contributed by atoms with Crippen LogP contribution in [0, 0.1) is 6.92 Å². The van der Waals surface area contributed by atoms with Crippen molar-refractivity contribution < 1.29 is 9.53 Å². The van der Waals surface area contributed by atoms with Crippen LogP contribution in [0.3, 0.4) is 0 Å².